The summed E-state index contributed by atoms with van der Waals surface area (Å²) in [6.07, 6.45) is 5.21. The van der Waals surface area contributed by atoms with E-state index in [2.05, 4.69) is 22.1 Å². The molecule has 8 heteroatoms. The number of amides is 1. The van der Waals surface area contributed by atoms with E-state index >= 15 is 0 Å². The van der Waals surface area contributed by atoms with Gasteiger partial charge in [-0.1, -0.05) is 19.8 Å². The van der Waals surface area contributed by atoms with E-state index in [1.54, 1.807) is 30.2 Å². The maximum atomic E-state index is 13.2. The fourth-order valence-corrected chi connectivity index (χ4v) is 4.90. The molecule has 8 nitrogen and oxygen atoms in total. The lowest BCUT2D eigenvalue weighted by atomic mass is 10.0. The fraction of sp³-hybridized carbons (Fsp3) is 0.500. The van der Waals surface area contributed by atoms with Crippen molar-refractivity contribution >= 4 is 34.8 Å². The monoisotopic (exact) mass is 437 g/mol. The van der Waals surface area contributed by atoms with Crippen molar-refractivity contribution in [1.82, 2.24) is 9.97 Å². The van der Waals surface area contributed by atoms with E-state index in [9.17, 15) is 9.59 Å². The molecule has 32 heavy (non-hydrogen) atoms. The van der Waals surface area contributed by atoms with Crippen LogP contribution in [0.5, 0.6) is 5.75 Å². The SMILES string of the molecule is CC[C@@H]1C(=O)N(C)c2c(C)nc(Nc3ccc(C(C)=O)cc3OC)nc2N1C1CCCC1. The number of aryl methyl sites for hydroxylation is 1. The summed E-state index contributed by atoms with van der Waals surface area (Å²) in [5.74, 6) is 1.86. The van der Waals surface area contributed by atoms with Gasteiger partial charge in [0.1, 0.15) is 17.5 Å². The first-order chi connectivity index (χ1) is 15.3. The quantitative estimate of drug-likeness (QED) is 0.676. The number of anilines is 4. The Morgan fingerprint density at radius 2 is 1.97 bits per heavy atom. The summed E-state index contributed by atoms with van der Waals surface area (Å²) in [5, 5.41) is 3.26. The average molecular weight is 438 g/mol. The third-order valence-electron chi connectivity index (χ3n) is 6.53. The van der Waals surface area contributed by atoms with Crippen molar-refractivity contribution in [1.29, 1.82) is 0 Å². The van der Waals surface area contributed by atoms with Crippen molar-refractivity contribution in [2.75, 3.05) is 29.3 Å². The molecule has 170 valence electrons. The molecule has 1 aromatic carbocycles. The standard InChI is InChI=1S/C24H31N5O3/c1-6-19-23(31)28(4)21-14(2)25-24(27-22(21)29(19)17-9-7-8-10-17)26-18-12-11-16(15(3)30)13-20(18)32-5/h11-13,17,19H,6-10H2,1-5H3,(H,25,26,27)/t19-/m1/s1. The molecule has 0 spiro atoms. The second-order valence-corrected chi connectivity index (χ2v) is 8.57. The Labute approximate surface area is 189 Å². The number of carbonyl (C=O) groups excluding carboxylic acids is 2. The van der Waals surface area contributed by atoms with Crippen LogP contribution in [-0.2, 0) is 4.79 Å². The van der Waals surface area contributed by atoms with Crippen LogP contribution in [0.3, 0.4) is 0 Å². The minimum atomic E-state index is -0.220. The molecule has 1 atom stereocenters. The topological polar surface area (TPSA) is 87.7 Å². The Morgan fingerprint density at radius 3 is 2.59 bits per heavy atom. The van der Waals surface area contributed by atoms with Gasteiger partial charge in [0.05, 0.1) is 18.5 Å². The van der Waals surface area contributed by atoms with Crippen molar-refractivity contribution in [3.63, 3.8) is 0 Å². The highest BCUT2D eigenvalue weighted by molar-refractivity contribution is 6.05. The number of carbonyl (C=O) groups is 2. The molecule has 1 amide bonds. The molecule has 0 radical (unpaired) electrons. The average Bonchev–Trinajstić information content (AvgIpc) is 3.30. The van der Waals surface area contributed by atoms with Crippen molar-refractivity contribution in [2.45, 2.75) is 65.0 Å². The first-order valence-electron chi connectivity index (χ1n) is 11.3. The van der Waals surface area contributed by atoms with Gasteiger partial charge in [0.25, 0.3) is 0 Å². The van der Waals surface area contributed by atoms with Crippen LogP contribution >= 0.6 is 0 Å². The van der Waals surface area contributed by atoms with Gasteiger partial charge < -0.3 is 19.9 Å². The Morgan fingerprint density at radius 1 is 1.25 bits per heavy atom. The summed E-state index contributed by atoms with van der Waals surface area (Å²) in [6, 6.07) is 5.35. The van der Waals surface area contributed by atoms with Crippen LogP contribution in [0.1, 0.15) is 62.0 Å². The van der Waals surface area contributed by atoms with E-state index in [-0.39, 0.29) is 17.7 Å². The summed E-state index contributed by atoms with van der Waals surface area (Å²) < 4.78 is 5.49. The maximum Gasteiger partial charge on any atom is 0.249 e. The molecule has 4 rings (SSSR count). The number of Topliss-reactive ketones (excluding diaryl/α,β-unsaturated/α-hetero) is 1. The molecule has 1 aromatic heterocycles. The van der Waals surface area contributed by atoms with Gasteiger partial charge in [-0.05, 0) is 51.3 Å². The molecule has 0 saturated heterocycles. The molecule has 0 unspecified atom stereocenters. The number of methoxy groups -OCH3 is 1. The fourth-order valence-electron chi connectivity index (χ4n) is 4.90. The molecule has 1 aliphatic carbocycles. The molecular weight excluding hydrogens is 406 g/mol. The zero-order valence-electron chi connectivity index (χ0n) is 19.4. The van der Waals surface area contributed by atoms with E-state index in [0.29, 0.717) is 29.0 Å². The van der Waals surface area contributed by atoms with Crippen molar-refractivity contribution in [3.05, 3.63) is 29.5 Å². The lowest BCUT2D eigenvalue weighted by Crippen LogP contribution is -2.55. The third-order valence-corrected chi connectivity index (χ3v) is 6.53. The first kappa shape index (κ1) is 22.0. The van der Waals surface area contributed by atoms with Crippen molar-refractivity contribution in [2.24, 2.45) is 0 Å². The number of fused-ring (bicyclic) bond motifs is 1. The minimum absolute atomic E-state index is 0.0266. The van der Waals surface area contributed by atoms with Crippen LogP contribution in [0, 0.1) is 6.92 Å². The number of likely N-dealkylation sites (N-methyl/N-ethyl adjacent to an activating group) is 1. The Kier molecular flexibility index (Phi) is 6.04. The molecule has 2 heterocycles. The highest BCUT2D eigenvalue weighted by atomic mass is 16.5. The van der Waals surface area contributed by atoms with E-state index < -0.39 is 0 Å². The van der Waals surface area contributed by atoms with Gasteiger partial charge in [-0.15, -0.1) is 0 Å². The smallest absolute Gasteiger partial charge is 0.249 e. The lowest BCUT2D eigenvalue weighted by Gasteiger charge is -2.44. The van der Waals surface area contributed by atoms with E-state index in [4.69, 9.17) is 9.72 Å². The molecule has 1 aliphatic heterocycles. The molecular formula is C24H31N5O3. The van der Waals surface area contributed by atoms with E-state index in [1.807, 2.05) is 14.0 Å². The van der Waals surface area contributed by atoms with Crippen LogP contribution in [0.25, 0.3) is 0 Å². The zero-order chi connectivity index (χ0) is 23.0. The molecule has 1 saturated carbocycles. The van der Waals surface area contributed by atoms with Gasteiger partial charge in [0.15, 0.2) is 11.6 Å². The maximum absolute atomic E-state index is 13.2. The van der Waals surface area contributed by atoms with Gasteiger partial charge in [0, 0.05) is 18.7 Å². The van der Waals surface area contributed by atoms with Crippen LogP contribution in [0.2, 0.25) is 0 Å². The van der Waals surface area contributed by atoms with Crippen LogP contribution < -0.4 is 19.9 Å². The minimum Gasteiger partial charge on any atom is -0.495 e. The Hall–Kier alpha value is -3.16. The van der Waals surface area contributed by atoms with Gasteiger partial charge in [-0.25, -0.2) is 4.98 Å². The van der Waals surface area contributed by atoms with Crippen molar-refractivity contribution < 1.29 is 14.3 Å². The number of benzene rings is 1. The normalized spacial score (nSPS) is 18.7. The molecule has 2 aromatic rings. The molecule has 0 bridgehead atoms. The number of ketones is 1. The van der Waals surface area contributed by atoms with E-state index in [1.165, 1.54) is 19.8 Å². The summed E-state index contributed by atoms with van der Waals surface area (Å²) in [5.41, 5.74) is 2.77. The molecule has 1 N–H and O–H groups in total. The lowest BCUT2D eigenvalue weighted by molar-refractivity contribution is -0.120. The molecule has 1 fully saturated rings. The zero-order valence-corrected chi connectivity index (χ0v) is 19.4. The number of nitrogens with zero attached hydrogens (tertiary/aromatic N) is 4. The van der Waals surface area contributed by atoms with Gasteiger partial charge in [0.2, 0.25) is 11.9 Å². The Bertz CT molecular complexity index is 1050. The predicted molar refractivity (Wildman–Crippen MR) is 125 cm³/mol. The van der Waals surface area contributed by atoms with Gasteiger partial charge in [-0.2, -0.15) is 4.98 Å². The summed E-state index contributed by atoms with van der Waals surface area (Å²) >= 11 is 0. The summed E-state index contributed by atoms with van der Waals surface area (Å²) in [4.78, 5) is 38.4. The predicted octanol–water partition coefficient (Wildman–Crippen LogP) is 4.24. The largest absolute Gasteiger partial charge is 0.495 e. The third kappa shape index (κ3) is 3.78. The van der Waals surface area contributed by atoms with Crippen LogP contribution in [-0.4, -0.2) is 47.9 Å². The number of nitrogens with one attached hydrogen (secondary N) is 1. The molecule has 2 aliphatic rings. The number of hydrogen-bond donors (Lipinski definition) is 1. The summed E-state index contributed by atoms with van der Waals surface area (Å²) in [6.45, 7) is 5.49. The highest BCUT2D eigenvalue weighted by Gasteiger charge is 2.42. The number of aromatic nitrogens is 2. The van der Waals surface area contributed by atoms with Gasteiger partial charge in [-0.3, -0.25) is 9.59 Å². The highest BCUT2D eigenvalue weighted by Crippen LogP contribution is 2.42. The van der Waals surface area contributed by atoms with Crippen molar-refractivity contribution in [3.8, 4) is 5.75 Å². The second-order valence-electron chi connectivity index (χ2n) is 8.57. The summed E-state index contributed by atoms with van der Waals surface area (Å²) in [7, 11) is 3.38. The van der Waals surface area contributed by atoms with E-state index in [0.717, 1.165) is 36.5 Å². The van der Waals surface area contributed by atoms with Crippen LogP contribution in [0.4, 0.5) is 23.1 Å². The second kappa shape index (κ2) is 8.76. The first-order valence-corrected chi connectivity index (χ1v) is 11.3. The number of ether oxygens (including phenoxy) is 1. The number of hydrogen-bond acceptors (Lipinski definition) is 7. The van der Waals surface area contributed by atoms with Crippen LogP contribution in [0.15, 0.2) is 18.2 Å². The van der Waals surface area contributed by atoms with Gasteiger partial charge >= 0.3 is 0 Å². The number of rotatable bonds is 6. The Balaban J connectivity index is 1.78.